The Balaban J connectivity index is 1.27. The molecule has 1 N–H and O–H groups in total. The molecule has 0 radical (unpaired) electrons. The van der Waals surface area contributed by atoms with E-state index in [1.54, 1.807) is 30.5 Å². The van der Waals surface area contributed by atoms with Crippen molar-refractivity contribution in [3.63, 3.8) is 0 Å². The normalized spacial score (nSPS) is 14.4. The largest absolute Gasteiger partial charge is 0.457 e. The van der Waals surface area contributed by atoms with Crippen molar-refractivity contribution < 1.29 is 13.4 Å². The van der Waals surface area contributed by atoms with Crippen LogP contribution in [-0.4, -0.2) is 14.2 Å². The molecule has 1 unspecified atom stereocenters. The summed E-state index contributed by atoms with van der Waals surface area (Å²) in [4.78, 5) is 9.34. The van der Waals surface area contributed by atoms with Gasteiger partial charge in [0.05, 0.1) is 4.90 Å². The molecule has 1 atom stereocenters. The van der Waals surface area contributed by atoms with Crippen molar-refractivity contribution in [3.05, 3.63) is 109 Å². The predicted octanol–water partition coefficient (Wildman–Crippen LogP) is 5.55. The molecule has 1 aliphatic rings. The minimum Gasteiger partial charge on any atom is -0.457 e. The van der Waals surface area contributed by atoms with Gasteiger partial charge in [0.1, 0.15) is 22.5 Å². The summed E-state index contributed by atoms with van der Waals surface area (Å²) in [7, 11) is -1.43. The molecular weight excluding hydrogens is 422 g/mol. The zero-order chi connectivity index (χ0) is 21.8. The van der Waals surface area contributed by atoms with Crippen LogP contribution in [0.3, 0.4) is 0 Å². The topological polar surface area (TPSA) is 77.3 Å². The average molecular weight is 442 g/mol. The molecule has 0 saturated carbocycles. The second-order valence-corrected chi connectivity index (χ2v) is 8.26. The monoisotopic (exact) mass is 441 g/mol. The summed E-state index contributed by atoms with van der Waals surface area (Å²) in [6, 6.07) is 20.4. The lowest BCUT2D eigenvalue weighted by molar-refractivity contribution is 0.482. The summed E-state index contributed by atoms with van der Waals surface area (Å²) in [5, 5.41) is 0. The van der Waals surface area contributed by atoms with Crippen molar-refractivity contribution in [2.24, 2.45) is 0 Å². The zero-order valence-electron chi connectivity index (χ0n) is 17.0. The van der Waals surface area contributed by atoms with Crippen molar-refractivity contribution in [2.45, 2.75) is 11.3 Å². The van der Waals surface area contributed by atoms with Gasteiger partial charge in [0, 0.05) is 23.9 Å². The van der Waals surface area contributed by atoms with Crippen LogP contribution in [0.1, 0.15) is 12.3 Å². The molecule has 7 heteroatoms. The summed E-state index contributed by atoms with van der Waals surface area (Å²) in [6.45, 7) is 0. The van der Waals surface area contributed by atoms with Crippen LogP contribution in [0.2, 0.25) is 0 Å². The van der Waals surface area contributed by atoms with E-state index in [2.05, 4.69) is 14.7 Å². The fourth-order valence-electron chi connectivity index (χ4n) is 3.22. The molecule has 1 aliphatic carbocycles. The van der Waals surface area contributed by atoms with E-state index in [1.807, 2.05) is 66.8 Å². The molecule has 6 nitrogen and oxygen atoms in total. The maximum Gasteiger partial charge on any atom is 0.225 e. The third-order valence-electron chi connectivity index (χ3n) is 4.77. The minimum atomic E-state index is -1.43. The first kappa shape index (κ1) is 20.0. The Hall–Kier alpha value is -3.97. The van der Waals surface area contributed by atoms with Crippen LogP contribution < -0.4 is 9.46 Å². The molecule has 0 spiro atoms. The molecule has 2 heterocycles. The lowest BCUT2D eigenvalue weighted by atomic mass is 10.1. The van der Waals surface area contributed by atoms with E-state index in [0.717, 1.165) is 17.0 Å². The number of para-hydroxylation sites is 1. The van der Waals surface area contributed by atoms with Crippen molar-refractivity contribution in [3.8, 4) is 11.5 Å². The number of oxazole rings is 1. The van der Waals surface area contributed by atoms with Crippen LogP contribution in [-0.2, 0) is 11.0 Å². The van der Waals surface area contributed by atoms with Gasteiger partial charge in [-0.15, -0.1) is 0 Å². The predicted molar refractivity (Wildman–Crippen MR) is 124 cm³/mol. The van der Waals surface area contributed by atoms with Gasteiger partial charge in [-0.3, -0.25) is 0 Å². The lowest BCUT2D eigenvalue weighted by Gasteiger charge is -2.11. The van der Waals surface area contributed by atoms with E-state index < -0.39 is 11.0 Å². The molecule has 4 aromatic rings. The Bertz CT molecular complexity index is 1320. The molecule has 0 fully saturated rings. The van der Waals surface area contributed by atoms with Gasteiger partial charge in [-0.2, -0.15) is 4.98 Å². The number of benzene rings is 2. The van der Waals surface area contributed by atoms with Gasteiger partial charge in [-0.1, -0.05) is 36.4 Å². The van der Waals surface area contributed by atoms with Crippen molar-refractivity contribution in [1.82, 2.24) is 14.7 Å². The number of rotatable bonds is 6. The van der Waals surface area contributed by atoms with Gasteiger partial charge < -0.3 is 13.9 Å². The Kier molecular flexibility index (Phi) is 5.63. The second kappa shape index (κ2) is 9.03. The highest BCUT2D eigenvalue weighted by Crippen LogP contribution is 2.27. The number of nitrogens with one attached hydrogen (secondary N) is 1. The molecule has 158 valence electrons. The van der Waals surface area contributed by atoms with Crippen LogP contribution in [0.4, 0.5) is 0 Å². The Morgan fingerprint density at radius 1 is 0.906 bits per heavy atom. The van der Waals surface area contributed by atoms with E-state index >= 15 is 0 Å². The van der Waals surface area contributed by atoms with E-state index in [4.69, 9.17) is 9.15 Å². The number of aromatic nitrogens is 2. The van der Waals surface area contributed by atoms with Crippen LogP contribution in [0.15, 0.2) is 112 Å². The molecule has 0 saturated heterocycles. The van der Waals surface area contributed by atoms with Crippen LogP contribution in [0.5, 0.6) is 11.5 Å². The minimum absolute atomic E-state index is 0.501. The molecule has 2 aromatic carbocycles. The Morgan fingerprint density at radius 2 is 1.69 bits per heavy atom. The first-order chi connectivity index (χ1) is 15.7. The van der Waals surface area contributed by atoms with E-state index in [-0.39, 0.29) is 0 Å². The first-order valence-electron chi connectivity index (χ1n) is 10.0. The number of allylic oxidation sites excluding steroid dienone is 5. The fraction of sp³-hybridized carbons (Fsp3) is 0.0400. The number of hydrogen-bond donors (Lipinski definition) is 1. The second-order valence-electron chi connectivity index (χ2n) is 7.05. The fourth-order valence-corrected chi connectivity index (χ4v) is 4.10. The van der Waals surface area contributed by atoms with Gasteiger partial charge in [-0.05, 0) is 54.6 Å². The highest BCUT2D eigenvalue weighted by molar-refractivity contribution is 7.83. The Labute approximate surface area is 187 Å². The number of ether oxygens (including phenoxy) is 1. The smallest absolute Gasteiger partial charge is 0.225 e. The first-order valence-corrected chi connectivity index (χ1v) is 11.2. The van der Waals surface area contributed by atoms with Gasteiger partial charge in [0.25, 0.3) is 0 Å². The summed E-state index contributed by atoms with van der Waals surface area (Å²) in [6.07, 6.45) is 9.82. The SMILES string of the molecule is O=S(NC1=CC=CC=C(c2nc3ncccc3o2)C1)c1ccc(Oc2ccccc2)cc1. The van der Waals surface area contributed by atoms with Crippen LogP contribution in [0, 0.1) is 0 Å². The van der Waals surface area contributed by atoms with E-state index in [1.165, 1.54) is 0 Å². The van der Waals surface area contributed by atoms with Crippen molar-refractivity contribution in [2.75, 3.05) is 0 Å². The molecule has 0 bridgehead atoms. The summed E-state index contributed by atoms with van der Waals surface area (Å²) >= 11 is 0. The van der Waals surface area contributed by atoms with Crippen LogP contribution in [0.25, 0.3) is 16.8 Å². The average Bonchev–Trinajstić information content (AvgIpc) is 3.13. The number of fused-ring (bicyclic) bond motifs is 1. The molecule has 32 heavy (non-hydrogen) atoms. The number of nitrogens with zero attached hydrogens (tertiary/aromatic N) is 2. The Morgan fingerprint density at radius 3 is 2.50 bits per heavy atom. The van der Waals surface area contributed by atoms with Gasteiger partial charge in [0.2, 0.25) is 5.89 Å². The number of hydrogen-bond acceptors (Lipinski definition) is 5. The number of pyridine rings is 1. The van der Waals surface area contributed by atoms with Crippen molar-refractivity contribution >= 4 is 27.8 Å². The van der Waals surface area contributed by atoms with E-state index in [9.17, 15) is 4.21 Å². The third kappa shape index (κ3) is 4.53. The van der Waals surface area contributed by atoms with E-state index in [0.29, 0.717) is 34.2 Å². The standard InChI is InChI=1S/C25H19N3O3S/c29-32(22-14-12-21(13-15-22)30-20-9-2-1-3-10-20)28-19-8-5-4-7-18(17-19)25-27-24-23(31-25)11-6-16-26-24/h1-16,28H,17H2. The summed E-state index contributed by atoms with van der Waals surface area (Å²) in [5.74, 6) is 1.94. The maximum absolute atomic E-state index is 12.9. The highest BCUT2D eigenvalue weighted by atomic mass is 32.2. The van der Waals surface area contributed by atoms with Crippen LogP contribution >= 0.6 is 0 Å². The van der Waals surface area contributed by atoms with Gasteiger partial charge >= 0.3 is 0 Å². The molecule has 0 amide bonds. The molecule has 5 rings (SSSR count). The maximum atomic E-state index is 12.9. The summed E-state index contributed by atoms with van der Waals surface area (Å²) < 4.78 is 27.6. The molecule has 0 aliphatic heterocycles. The third-order valence-corrected chi connectivity index (χ3v) is 5.91. The van der Waals surface area contributed by atoms with Crippen molar-refractivity contribution in [1.29, 1.82) is 0 Å². The highest BCUT2D eigenvalue weighted by Gasteiger charge is 2.15. The van der Waals surface area contributed by atoms with Gasteiger partial charge in [0.15, 0.2) is 11.2 Å². The zero-order valence-corrected chi connectivity index (χ0v) is 17.8. The lowest BCUT2D eigenvalue weighted by Crippen LogP contribution is -2.17. The quantitative estimate of drug-likeness (QED) is 0.424. The van der Waals surface area contributed by atoms with Gasteiger partial charge in [-0.25, -0.2) is 9.19 Å². The molecular formula is C25H19N3O3S. The summed E-state index contributed by atoms with van der Waals surface area (Å²) in [5.41, 5.74) is 2.87. The molecule has 2 aromatic heterocycles.